The Morgan fingerprint density at radius 2 is 1.77 bits per heavy atom. The maximum Gasteiger partial charge on any atom is 0.416 e. The third-order valence-electron chi connectivity index (χ3n) is 5.87. The SMILES string of the molecule is CC(=O)Nc1cc(C(C)Nc2nc(C)nc3c4c(c(NC(=O)O)cc23)CCC4)cc(C(F)(F)F)c1. The van der Waals surface area contributed by atoms with Gasteiger partial charge in [-0.2, -0.15) is 13.2 Å². The molecule has 11 heteroatoms. The molecule has 1 aliphatic carbocycles. The van der Waals surface area contributed by atoms with Crippen LogP contribution in [0.1, 0.15) is 54.4 Å². The van der Waals surface area contributed by atoms with Gasteiger partial charge in [-0.05, 0) is 74.1 Å². The Morgan fingerprint density at radius 1 is 1.06 bits per heavy atom. The fourth-order valence-electron chi connectivity index (χ4n) is 4.45. The molecule has 0 saturated heterocycles. The molecule has 1 aliphatic rings. The number of fused-ring (bicyclic) bond motifs is 3. The zero-order valence-corrected chi connectivity index (χ0v) is 19.3. The quantitative estimate of drug-likeness (QED) is 0.369. The molecular weight excluding hydrogens is 463 g/mol. The van der Waals surface area contributed by atoms with Gasteiger partial charge in [-0.15, -0.1) is 0 Å². The van der Waals surface area contributed by atoms with Crippen LogP contribution in [-0.2, 0) is 23.8 Å². The lowest BCUT2D eigenvalue weighted by Gasteiger charge is -2.21. The maximum absolute atomic E-state index is 13.5. The summed E-state index contributed by atoms with van der Waals surface area (Å²) in [7, 11) is 0. The van der Waals surface area contributed by atoms with E-state index >= 15 is 0 Å². The third-order valence-corrected chi connectivity index (χ3v) is 5.87. The van der Waals surface area contributed by atoms with Crippen LogP contribution >= 0.6 is 0 Å². The Morgan fingerprint density at radius 3 is 2.43 bits per heavy atom. The lowest BCUT2D eigenvalue weighted by Crippen LogP contribution is -2.15. The molecule has 1 atom stereocenters. The van der Waals surface area contributed by atoms with Crippen LogP contribution in [0.15, 0.2) is 24.3 Å². The van der Waals surface area contributed by atoms with Gasteiger partial charge in [0.1, 0.15) is 11.6 Å². The van der Waals surface area contributed by atoms with Crippen molar-refractivity contribution in [3.8, 4) is 0 Å². The highest BCUT2D eigenvalue weighted by molar-refractivity contribution is 5.98. The highest BCUT2D eigenvalue weighted by Gasteiger charge is 2.32. The fraction of sp³-hybridized carbons (Fsp3) is 0.333. The molecule has 0 spiro atoms. The van der Waals surface area contributed by atoms with E-state index in [1.807, 2.05) is 0 Å². The monoisotopic (exact) mass is 487 g/mol. The van der Waals surface area contributed by atoms with E-state index in [9.17, 15) is 27.9 Å². The molecule has 4 N–H and O–H groups in total. The summed E-state index contributed by atoms with van der Waals surface area (Å²) in [6.07, 6.45) is -3.47. The van der Waals surface area contributed by atoms with Crippen molar-refractivity contribution in [2.75, 3.05) is 16.0 Å². The van der Waals surface area contributed by atoms with E-state index in [-0.39, 0.29) is 11.3 Å². The Hall–Kier alpha value is -3.89. The third kappa shape index (κ3) is 5.13. The van der Waals surface area contributed by atoms with E-state index in [0.717, 1.165) is 42.5 Å². The normalized spacial score (nSPS) is 13.9. The van der Waals surface area contributed by atoms with Crippen molar-refractivity contribution >= 4 is 40.1 Å². The van der Waals surface area contributed by atoms with Gasteiger partial charge in [0.2, 0.25) is 5.91 Å². The fourth-order valence-corrected chi connectivity index (χ4v) is 4.45. The van der Waals surface area contributed by atoms with Crippen LogP contribution in [0.25, 0.3) is 10.9 Å². The average Bonchev–Trinajstić information content (AvgIpc) is 3.23. The van der Waals surface area contributed by atoms with Gasteiger partial charge in [-0.1, -0.05) is 0 Å². The van der Waals surface area contributed by atoms with Crippen molar-refractivity contribution in [2.24, 2.45) is 0 Å². The molecule has 0 saturated carbocycles. The molecule has 0 radical (unpaired) electrons. The number of carbonyl (C=O) groups is 2. The lowest BCUT2D eigenvalue weighted by molar-refractivity contribution is -0.137. The molecule has 0 bridgehead atoms. The number of anilines is 3. The summed E-state index contributed by atoms with van der Waals surface area (Å²) in [5, 5.41) is 17.9. The topological polar surface area (TPSA) is 116 Å². The maximum atomic E-state index is 13.5. The number of carboxylic acid groups (broad SMARTS) is 1. The van der Waals surface area contributed by atoms with Gasteiger partial charge in [-0.3, -0.25) is 10.1 Å². The summed E-state index contributed by atoms with van der Waals surface area (Å²) < 4.78 is 40.5. The van der Waals surface area contributed by atoms with Crippen LogP contribution in [0.4, 0.5) is 35.2 Å². The zero-order chi connectivity index (χ0) is 25.5. The molecule has 2 amide bonds. The average molecular weight is 487 g/mol. The number of rotatable bonds is 5. The molecule has 3 aromatic rings. The molecular formula is C24H24F3N5O3. The number of alkyl halides is 3. The van der Waals surface area contributed by atoms with Crippen molar-refractivity contribution in [3.05, 3.63) is 52.3 Å². The van der Waals surface area contributed by atoms with Crippen molar-refractivity contribution in [2.45, 2.75) is 52.3 Å². The Kier molecular flexibility index (Phi) is 6.27. The molecule has 4 rings (SSSR count). The van der Waals surface area contributed by atoms with E-state index in [4.69, 9.17) is 0 Å². The highest BCUT2D eigenvalue weighted by Crippen LogP contribution is 2.39. The number of benzene rings is 2. The van der Waals surface area contributed by atoms with Gasteiger partial charge in [-0.25, -0.2) is 14.8 Å². The summed E-state index contributed by atoms with van der Waals surface area (Å²) in [5.41, 5.74) is 2.42. The van der Waals surface area contributed by atoms with Crippen LogP contribution in [0, 0.1) is 6.92 Å². The Labute approximate surface area is 199 Å². The summed E-state index contributed by atoms with van der Waals surface area (Å²) in [6.45, 7) is 4.62. The largest absolute Gasteiger partial charge is 0.465 e. The van der Waals surface area contributed by atoms with Gasteiger partial charge >= 0.3 is 12.3 Å². The molecule has 2 aromatic carbocycles. The number of carbonyl (C=O) groups excluding carboxylic acids is 1. The summed E-state index contributed by atoms with van der Waals surface area (Å²) in [5.74, 6) is 0.366. The number of hydrogen-bond acceptors (Lipinski definition) is 5. The molecule has 0 aliphatic heterocycles. The predicted molar refractivity (Wildman–Crippen MR) is 126 cm³/mol. The number of amides is 2. The molecule has 35 heavy (non-hydrogen) atoms. The standard InChI is InChI=1S/C24H24F3N5O3/c1-11(14-7-15(24(25,26)27)9-16(8-14)31-13(3)33)28-22-19-10-20(32-23(34)35)17-5-4-6-18(17)21(19)29-12(2)30-22/h7-11,32H,4-6H2,1-3H3,(H,31,33)(H,34,35)(H,28,29,30). The van der Waals surface area contributed by atoms with Crippen LogP contribution in [0.5, 0.6) is 0 Å². The van der Waals surface area contributed by atoms with E-state index in [2.05, 4.69) is 25.9 Å². The molecule has 184 valence electrons. The van der Waals surface area contributed by atoms with E-state index in [1.54, 1.807) is 19.9 Å². The molecule has 1 aromatic heterocycles. The van der Waals surface area contributed by atoms with Crippen LogP contribution < -0.4 is 16.0 Å². The minimum atomic E-state index is -4.60. The minimum Gasteiger partial charge on any atom is -0.465 e. The zero-order valence-electron chi connectivity index (χ0n) is 19.3. The number of nitrogens with zero attached hydrogens (tertiary/aromatic N) is 2. The summed E-state index contributed by atoms with van der Waals surface area (Å²) >= 11 is 0. The van der Waals surface area contributed by atoms with E-state index in [1.165, 1.54) is 13.0 Å². The first-order valence-electron chi connectivity index (χ1n) is 11.0. The smallest absolute Gasteiger partial charge is 0.416 e. The second kappa shape index (κ2) is 9.05. The second-order valence-electron chi connectivity index (χ2n) is 8.57. The first kappa shape index (κ1) is 24.2. The van der Waals surface area contributed by atoms with Gasteiger partial charge in [0.05, 0.1) is 17.1 Å². The van der Waals surface area contributed by atoms with E-state index in [0.29, 0.717) is 28.2 Å². The summed E-state index contributed by atoms with van der Waals surface area (Å²) in [6, 6.07) is 4.41. The molecule has 1 unspecified atom stereocenters. The number of halogens is 3. The highest BCUT2D eigenvalue weighted by atomic mass is 19.4. The minimum absolute atomic E-state index is 0.0328. The number of aryl methyl sites for hydroxylation is 2. The lowest BCUT2D eigenvalue weighted by atomic mass is 10.0. The van der Waals surface area contributed by atoms with Gasteiger partial charge < -0.3 is 15.7 Å². The second-order valence-corrected chi connectivity index (χ2v) is 8.57. The van der Waals surface area contributed by atoms with E-state index < -0.39 is 29.8 Å². The summed E-state index contributed by atoms with van der Waals surface area (Å²) in [4.78, 5) is 31.9. The van der Waals surface area contributed by atoms with Crippen LogP contribution in [0.2, 0.25) is 0 Å². The number of aromatic nitrogens is 2. The Bertz CT molecular complexity index is 1340. The van der Waals surface area contributed by atoms with Crippen LogP contribution in [-0.4, -0.2) is 27.1 Å². The molecule has 8 nitrogen and oxygen atoms in total. The van der Waals surface area contributed by atoms with Crippen molar-refractivity contribution in [3.63, 3.8) is 0 Å². The van der Waals surface area contributed by atoms with Gasteiger partial charge in [0.15, 0.2) is 0 Å². The first-order valence-corrected chi connectivity index (χ1v) is 11.0. The van der Waals surface area contributed by atoms with Crippen molar-refractivity contribution < 1.29 is 27.9 Å². The molecule has 1 heterocycles. The number of nitrogens with one attached hydrogen (secondary N) is 3. The van der Waals surface area contributed by atoms with Gasteiger partial charge in [0.25, 0.3) is 0 Å². The van der Waals surface area contributed by atoms with Crippen molar-refractivity contribution in [1.29, 1.82) is 0 Å². The molecule has 0 fully saturated rings. The van der Waals surface area contributed by atoms with Crippen LogP contribution in [0.3, 0.4) is 0 Å². The van der Waals surface area contributed by atoms with Crippen molar-refractivity contribution in [1.82, 2.24) is 9.97 Å². The Balaban J connectivity index is 1.79. The number of hydrogen-bond donors (Lipinski definition) is 4. The van der Waals surface area contributed by atoms with Gasteiger partial charge in [0, 0.05) is 23.7 Å². The predicted octanol–water partition coefficient (Wildman–Crippen LogP) is 5.67. The first-order chi connectivity index (χ1) is 16.4.